The first-order valence-corrected chi connectivity index (χ1v) is 11.4. The smallest absolute Gasteiger partial charge is 0.227 e. The number of hydrogen-bond acceptors (Lipinski definition) is 3. The number of nitrogens with zero attached hydrogens (tertiary/aromatic N) is 1. The third kappa shape index (κ3) is 3.84. The van der Waals surface area contributed by atoms with Crippen LogP contribution in [0.2, 0.25) is 0 Å². The number of aromatic amines is 1. The Kier molecular flexibility index (Phi) is 5.55. The third-order valence-electron chi connectivity index (χ3n) is 7.32. The predicted octanol–water partition coefficient (Wildman–Crippen LogP) is 4.27. The lowest BCUT2D eigenvalue weighted by molar-refractivity contribution is -0.130. The summed E-state index contributed by atoms with van der Waals surface area (Å²) in [6, 6.07) is 16.4. The summed E-state index contributed by atoms with van der Waals surface area (Å²) in [6.45, 7) is 3.14. The van der Waals surface area contributed by atoms with Crippen LogP contribution in [0.5, 0.6) is 0 Å². The van der Waals surface area contributed by atoms with Crippen LogP contribution in [0.25, 0.3) is 10.9 Å². The number of piperidine rings is 1. The molecule has 1 spiro atoms. The van der Waals surface area contributed by atoms with Crippen molar-refractivity contribution in [2.45, 2.75) is 31.6 Å². The van der Waals surface area contributed by atoms with E-state index in [2.05, 4.69) is 15.2 Å². The van der Waals surface area contributed by atoms with E-state index in [1.807, 2.05) is 42.5 Å². The number of hydrogen-bond donors (Lipinski definition) is 2. The fourth-order valence-electron chi connectivity index (χ4n) is 5.43. The van der Waals surface area contributed by atoms with Crippen molar-refractivity contribution in [3.63, 3.8) is 0 Å². The van der Waals surface area contributed by atoms with Crippen LogP contribution in [0, 0.1) is 11.2 Å². The number of halogens is 1. The van der Waals surface area contributed by atoms with Gasteiger partial charge in [-0.25, -0.2) is 4.39 Å². The highest BCUT2D eigenvalue weighted by molar-refractivity contribution is 5.99. The SMILES string of the molecule is O=C(CCCN1CCC2(CC1)C(=O)NC[C@H]2c1ccc(F)cc1)c1cc2ccccc2[nH]1. The van der Waals surface area contributed by atoms with Gasteiger partial charge in [0, 0.05) is 29.8 Å². The van der Waals surface area contributed by atoms with Crippen molar-refractivity contribution in [3.05, 3.63) is 71.7 Å². The first kappa shape index (κ1) is 20.9. The number of para-hydroxylation sites is 1. The van der Waals surface area contributed by atoms with Crippen molar-refractivity contribution in [2.75, 3.05) is 26.2 Å². The molecule has 6 heteroatoms. The fraction of sp³-hybridized carbons (Fsp3) is 0.385. The lowest BCUT2D eigenvalue weighted by Gasteiger charge is -2.41. The van der Waals surface area contributed by atoms with Gasteiger partial charge in [0.2, 0.25) is 5.91 Å². The van der Waals surface area contributed by atoms with Gasteiger partial charge in [0.25, 0.3) is 0 Å². The lowest BCUT2D eigenvalue weighted by atomic mass is 9.68. The highest BCUT2D eigenvalue weighted by atomic mass is 19.1. The quantitative estimate of drug-likeness (QED) is 0.571. The number of amides is 1. The second-order valence-corrected chi connectivity index (χ2v) is 9.11. The molecule has 5 nitrogen and oxygen atoms in total. The minimum atomic E-state index is -0.408. The molecular formula is C26H28FN3O2. The molecule has 2 aromatic carbocycles. The van der Waals surface area contributed by atoms with Gasteiger partial charge in [0.1, 0.15) is 5.82 Å². The minimum absolute atomic E-state index is 0.0846. The molecule has 0 aliphatic carbocycles. The average molecular weight is 434 g/mol. The van der Waals surface area contributed by atoms with Gasteiger partial charge < -0.3 is 15.2 Å². The van der Waals surface area contributed by atoms with Crippen molar-refractivity contribution in [3.8, 4) is 0 Å². The van der Waals surface area contributed by atoms with Crippen molar-refractivity contribution in [1.82, 2.24) is 15.2 Å². The molecule has 3 aromatic rings. The first-order valence-electron chi connectivity index (χ1n) is 11.4. The molecule has 3 heterocycles. The Morgan fingerprint density at radius 1 is 1.09 bits per heavy atom. The Morgan fingerprint density at radius 3 is 2.59 bits per heavy atom. The van der Waals surface area contributed by atoms with Gasteiger partial charge in [0.05, 0.1) is 11.1 Å². The van der Waals surface area contributed by atoms with Gasteiger partial charge in [-0.1, -0.05) is 30.3 Å². The molecular weight excluding hydrogens is 405 g/mol. The number of rotatable bonds is 6. The molecule has 2 aliphatic heterocycles. The highest BCUT2D eigenvalue weighted by Gasteiger charge is 2.51. The zero-order valence-electron chi connectivity index (χ0n) is 18.1. The topological polar surface area (TPSA) is 65.2 Å². The predicted molar refractivity (Wildman–Crippen MR) is 122 cm³/mol. The molecule has 2 N–H and O–H groups in total. The van der Waals surface area contributed by atoms with Gasteiger partial charge in [-0.15, -0.1) is 0 Å². The molecule has 1 aromatic heterocycles. The zero-order chi connectivity index (χ0) is 22.1. The molecule has 1 atom stereocenters. The summed E-state index contributed by atoms with van der Waals surface area (Å²) in [5.74, 6) is 0.0972. The van der Waals surface area contributed by atoms with E-state index in [9.17, 15) is 14.0 Å². The maximum absolute atomic E-state index is 13.4. The number of likely N-dealkylation sites (tertiary alicyclic amines) is 1. The standard InChI is InChI=1S/C26H28FN3O2/c27-20-9-7-18(8-10-20)21-17-28-25(32)26(21)11-14-30(15-12-26)13-3-6-24(31)23-16-19-4-1-2-5-22(19)29-23/h1-2,4-5,7-10,16,21,29H,3,6,11-15,17H2,(H,28,32)/t21-/m0/s1. The van der Waals surface area contributed by atoms with E-state index in [0.717, 1.165) is 55.4 Å². The number of carbonyl (C=O) groups is 2. The maximum atomic E-state index is 13.4. The second kappa shape index (κ2) is 8.51. The molecule has 2 aliphatic rings. The monoisotopic (exact) mass is 433 g/mol. The number of aromatic nitrogens is 1. The normalized spacial score (nSPS) is 20.7. The van der Waals surface area contributed by atoms with Crippen LogP contribution in [0.4, 0.5) is 4.39 Å². The molecule has 2 saturated heterocycles. The van der Waals surface area contributed by atoms with Crippen molar-refractivity contribution in [1.29, 1.82) is 0 Å². The van der Waals surface area contributed by atoms with Crippen molar-refractivity contribution >= 4 is 22.6 Å². The molecule has 0 radical (unpaired) electrons. The lowest BCUT2D eigenvalue weighted by Crippen LogP contribution is -2.46. The van der Waals surface area contributed by atoms with E-state index >= 15 is 0 Å². The summed E-state index contributed by atoms with van der Waals surface area (Å²) in [7, 11) is 0. The van der Waals surface area contributed by atoms with E-state index in [1.54, 1.807) is 0 Å². The van der Waals surface area contributed by atoms with Crippen LogP contribution in [-0.4, -0.2) is 47.8 Å². The molecule has 1 amide bonds. The summed E-state index contributed by atoms with van der Waals surface area (Å²) >= 11 is 0. The number of fused-ring (bicyclic) bond motifs is 1. The Bertz CT molecular complexity index is 1100. The number of H-pyrrole nitrogens is 1. The highest BCUT2D eigenvalue weighted by Crippen LogP contribution is 2.47. The molecule has 166 valence electrons. The summed E-state index contributed by atoms with van der Waals surface area (Å²) < 4.78 is 13.4. The number of Topliss-reactive ketones (excluding diaryl/α,β-unsaturated/α-hetero) is 1. The summed E-state index contributed by atoms with van der Waals surface area (Å²) in [5.41, 5.74) is 2.28. The minimum Gasteiger partial charge on any atom is -0.355 e. The Hall–Kier alpha value is -2.99. The van der Waals surface area contributed by atoms with Crippen LogP contribution in [0.1, 0.15) is 47.7 Å². The van der Waals surface area contributed by atoms with Crippen LogP contribution in [-0.2, 0) is 4.79 Å². The van der Waals surface area contributed by atoms with E-state index in [1.165, 1.54) is 12.1 Å². The van der Waals surface area contributed by atoms with E-state index in [4.69, 9.17) is 0 Å². The molecule has 32 heavy (non-hydrogen) atoms. The molecule has 0 bridgehead atoms. The largest absolute Gasteiger partial charge is 0.355 e. The van der Waals surface area contributed by atoms with E-state index < -0.39 is 5.41 Å². The average Bonchev–Trinajstić information content (AvgIpc) is 3.38. The van der Waals surface area contributed by atoms with Gasteiger partial charge in [-0.2, -0.15) is 0 Å². The van der Waals surface area contributed by atoms with Crippen molar-refractivity contribution in [2.24, 2.45) is 5.41 Å². The summed E-state index contributed by atoms with van der Waals surface area (Å²) in [5, 5.41) is 4.10. The van der Waals surface area contributed by atoms with Gasteiger partial charge >= 0.3 is 0 Å². The van der Waals surface area contributed by atoms with Crippen molar-refractivity contribution < 1.29 is 14.0 Å². The number of ketones is 1. The molecule has 0 unspecified atom stereocenters. The number of carbonyl (C=O) groups excluding carboxylic acids is 2. The zero-order valence-corrected chi connectivity index (χ0v) is 18.1. The van der Waals surface area contributed by atoms with Crippen LogP contribution < -0.4 is 5.32 Å². The summed E-state index contributed by atoms with van der Waals surface area (Å²) in [6.07, 6.45) is 2.88. The molecule has 5 rings (SSSR count). The first-order chi connectivity index (χ1) is 15.5. The van der Waals surface area contributed by atoms with E-state index in [0.29, 0.717) is 18.7 Å². The van der Waals surface area contributed by atoms with Gasteiger partial charge in [0.15, 0.2) is 5.78 Å². The third-order valence-corrected chi connectivity index (χ3v) is 7.32. The molecule has 2 fully saturated rings. The maximum Gasteiger partial charge on any atom is 0.227 e. The number of benzene rings is 2. The van der Waals surface area contributed by atoms with Crippen LogP contribution in [0.15, 0.2) is 54.6 Å². The van der Waals surface area contributed by atoms with Crippen LogP contribution in [0.3, 0.4) is 0 Å². The Labute approximate surface area is 187 Å². The van der Waals surface area contributed by atoms with Gasteiger partial charge in [-0.05, 0) is 68.7 Å². The summed E-state index contributed by atoms with van der Waals surface area (Å²) in [4.78, 5) is 31.0. The Balaban J connectivity index is 1.16. The van der Waals surface area contributed by atoms with E-state index in [-0.39, 0.29) is 23.4 Å². The van der Waals surface area contributed by atoms with Crippen LogP contribution >= 0.6 is 0 Å². The second-order valence-electron chi connectivity index (χ2n) is 9.11. The fourth-order valence-corrected chi connectivity index (χ4v) is 5.43. The Morgan fingerprint density at radius 2 is 1.84 bits per heavy atom. The number of nitrogens with one attached hydrogen (secondary N) is 2. The molecule has 0 saturated carbocycles. The van der Waals surface area contributed by atoms with Gasteiger partial charge in [-0.3, -0.25) is 9.59 Å².